The molecule has 0 aliphatic carbocycles. The number of benzene rings is 5. The van der Waals surface area contributed by atoms with Gasteiger partial charge in [-0.15, -0.1) is 0 Å². The lowest BCUT2D eigenvalue weighted by atomic mass is 10.0. The van der Waals surface area contributed by atoms with E-state index < -0.39 is 23.6 Å². The van der Waals surface area contributed by atoms with Gasteiger partial charge in [0.05, 0.1) is 11.3 Å². The van der Waals surface area contributed by atoms with Gasteiger partial charge in [-0.3, -0.25) is 4.79 Å². The summed E-state index contributed by atoms with van der Waals surface area (Å²) in [7, 11) is 0. The number of esters is 1. The van der Waals surface area contributed by atoms with Gasteiger partial charge in [-0.25, -0.2) is 9.59 Å². The fourth-order valence-corrected chi connectivity index (χ4v) is 5.02. The minimum atomic E-state index is -0.800. The van der Waals surface area contributed by atoms with Crippen molar-refractivity contribution < 1.29 is 34.1 Å². The number of ether oxygens (including phenoxy) is 2. The average molecular weight is 621 g/mol. The maximum Gasteiger partial charge on any atom is 0.407 e. The van der Waals surface area contributed by atoms with E-state index >= 15 is 0 Å². The van der Waals surface area contributed by atoms with Gasteiger partial charge in [0.2, 0.25) is 0 Å². The Bertz CT molecular complexity index is 1930. The molecule has 4 N–H and O–H groups in total. The molecule has 0 aromatic heterocycles. The molecular weight excluding hydrogens is 584 g/mol. The molecule has 0 radical (unpaired) electrons. The number of aryl methyl sites for hydroxylation is 1. The van der Waals surface area contributed by atoms with Crippen molar-refractivity contribution in [2.24, 2.45) is 0 Å². The Labute approximate surface area is 266 Å². The van der Waals surface area contributed by atoms with E-state index in [1.165, 1.54) is 12.1 Å². The maximum atomic E-state index is 13.4. The van der Waals surface area contributed by atoms with Crippen LogP contribution in [0.5, 0.6) is 17.2 Å². The van der Waals surface area contributed by atoms with Gasteiger partial charge in [0.1, 0.15) is 22.7 Å². The SMILES string of the molecule is CC(C)(C)OC(=O)NCCCCc1ccc(NC(=O)c2cc3ccccc3cc2O)c(OC(=O)c2cc3ccccc3cc2O)c1. The Kier molecular flexibility index (Phi) is 9.42. The molecule has 5 aromatic carbocycles. The van der Waals surface area contributed by atoms with Gasteiger partial charge in [-0.1, -0.05) is 54.6 Å². The summed E-state index contributed by atoms with van der Waals surface area (Å²) in [6.07, 6.45) is 1.52. The van der Waals surface area contributed by atoms with E-state index in [2.05, 4.69) is 10.6 Å². The normalized spacial score (nSPS) is 11.3. The van der Waals surface area contributed by atoms with Crippen LogP contribution in [-0.4, -0.2) is 40.3 Å². The van der Waals surface area contributed by atoms with Crippen molar-refractivity contribution in [3.63, 3.8) is 0 Å². The fraction of sp³-hybridized carbons (Fsp3) is 0.216. The molecule has 9 nitrogen and oxygen atoms in total. The Hall–Kier alpha value is -5.57. The summed E-state index contributed by atoms with van der Waals surface area (Å²) in [4.78, 5) is 38.7. The van der Waals surface area contributed by atoms with Crippen LogP contribution in [0.1, 0.15) is 59.9 Å². The molecular formula is C37H36N2O7. The van der Waals surface area contributed by atoms with Gasteiger partial charge in [-0.05, 0) is 104 Å². The quantitative estimate of drug-likeness (QED) is 0.0753. The molecule has 5 aromatic rings. The van der Waals surface area contributed by atoms with E-state index in [9.17, 15) is 24.6 Å². The van der Waals surface area contributed by atoms with Crippen LogP contribution in [0.4, 0.5) is 10.5 Å². The van der Waals surface area contributed by atoms with Gasteiger partial charge in [-0.2, -0.15) is 0 Å². The standard InChI is InChI=1S/C37H36N2O7/c1-37(2,3)46-36(44)38-17-9-8-10-23-15-16-30(39-34(42)28-19-24-11-4-6-13-26(24)21-31(28)40)33(18-23)45-35(43)29-20-25-12-5-7-14-27(25)22-32(29)41/h4-7,11-16,18-22,40-41H,8-10,17H2,1-3H3,(H,38,44)(H,39,42). The number of alkyl carbamates (subject to hydrolysis) is 1. The lowest BCUT2D eigenvalue weighted by Crippen LogP contribution is -2.33. The molecule has 0 aliphatic rings. The number of hydrogen-bond acceptors (Lipinski definition) is 7. The van der Waals surface area contributed by atoms with Crippen molar-refractivity contribution in [1.82, 2.24) is 5.32 Å². The second-order valence-electron chi connectivity index (χ2n) is 12.0. The highest BCUT2D eigenvalue weighted by Gasteiger charge is 2.20. The minimum Gasteiger partial charge on any atom is -0.507 e. The summed E-state index contributed by atoms with van der Waals surface area (Å²) < 4.78 is 11.1. The molecule has 236 valence electrons. The van der Waals surface area contributed by atoms with Gasteiger partial charge in [0.15, 0.2) is 5.75 Å². The van der Waals surface area contributed by atoms with Crippen LogP contribution in [0.25, 0.3) is 21.5 Å². The van der Waals surface area contributed by atoms with E-state index in [0.717, 1.165) is 27.1 Å². The Morgan fingerprint density at radius 3 is 1.89 bits per heavy atom. The van der Waals surface area contributed by atoms with Crippen LogP contribution in [0.15, 0.2) is 91.0 Å². The van der Waals surface area contributed by atoms with E-state index in [1.807, 2.05) is 54.6 Å². The molecule has 2 amide bonds. The highest BCUT2D eigenvalue weighted by atomic mass is 16.6. The number of phenols is 2. The molecule has 9 heteroatoms. The first kappa shape index (κ1) is 31.8. The van der Waals surface area contributed by atoms with Gasteiger partial charge < -0.3 is 30.3 Å². The number of anilines is 1. The molecule has 5 rings (SSSR count). The van der Waals surface area contributed by atoms with Crippen molar-refractivity contribution in [1.29, 1.82) is 0 Å². The first-order chi connectivity index (χ1) is 22.0. The van der Waals surface area contributed by atoms with Crippen molar-refractivity contribution in [3.8, 4) is 17.2 Å². The lowest BCUT2D eigenvalue weighted by Gasteiger charge is -2.19. The first-order valence-corrected chi connectivity index (χ1v) is 15.0. The lowest BCUT2D eigenvalue weighted by molar-refractivity contribution is 0.0526. The monoisotopic (exact) mass is 620 g/mol. The number of carbonyl (C=O) groups excluding carboxylic acids is 3. The van der Waals surface area contributed by atoms with Crippen molar-refractivity contribution in [2.45, 2.75) is 45.6 Å². The van der Waals surface area contributed by atoms with Gasteiger partial charge >= 0.3 is 12.1 Å². The highest BCUT2D eigenvalue weighted by Crippen LogP contribution is 2.32. The van der Waals surface area contributed by atoms with Gasteiger partial charge in [0.25, 0.3) is 5.91 Å². The number of aromatic hydroxyl groups is 2. The number of unbranched alkanes of at least 4 members (excludes halogenated alkanes) is 1. The third-order valence-electron chi connectivity index (χ3n) is 7.25. The molecule has 0 atom stereocenters. The summed E-state index contributed by atoms with van der Waals surface area (Å²) >= 11 is 0. The summed E-state index contributed by atoms with van der Waals surface area (Å²) in [6.45, 7) is 5.83. The number of amides is 2. The Morgan fingerprint density at radius 1 is 0.717 bits per heavy atom. The zero-order valence-electron chi connectivity index (χ0n) is 25.9. The molecule has 0 saturated heterocycles. The topological polar surface area (TPSA) is 134 Å². The van der Waals surface area contributed by atoms with Gasteiger partial charge in [0, 0.05) is 6.54 Å². The third-order valence-corrected chi connectivity index (χ3v) is 7.25. The van der Waals surface area contributed by atoms with Crippen LogP contribution >= 0.6 is 0 Å². The average Bonchev–Trinajstić information content (AvgIpc) is 3.00. The summed E-state index contributed by atoms with van der Waals surface area (Å²) in [5, 5.41) is 29.8. The number of nitrogens with one attached hydrogen (secondary N) is 2. The number of fused-ring (bicyclic) bond motifs is 2. The number of hydrogen-bond donors (Lipinski definition) is 4. The summed E-state index contributed by atoms with van der Waals surface area (Å²) in [5.74, 6) is -1.73. The van der Waals surface area contributed by atoms with Crippen LogP contribution in [-0.2, 0) is 11.2 Å². The van der Waals surface area contributed by atoms with Crippen molar-refractivity contribution in [2.75, 3.05) is 11.9 Å². The molecule has 0 unspecified atom stereocenters. The van der Waals surface area contributed by atoms with E-state index in [0.29, 0.717) is 25.8 Å². The van der Waals surface area contributed by atoms with E-state index in [1.54, 1.807) is 45.0 Å². The highest BCUT2D eigenvalue weighted by molar-refractivity contribution is 6.09. The predicted molar refractivity (Wildman–Crippen MR) is 178 cm³/mol. The first-order valence-electron chi connectivity index (χ1n) is 15.0. The molecule has 0 heterocycles. The van der Waals surface area contributed by atoms with Crippen LogP contribution in [0.2, 0.25) is 0 Å². The molecule has 0 fully saturated rings. The predicted octanol–water partition coefficient (Wildman–Crippen LogP) is 7.72. The molecule has 0 bridgehead atoms. The van der Waals surface area contributed by atoms with Crippen molar-refractivity contribution >= 4 is 45.2 Å². The Morgan fingerprint density at radius 2 is 1.28 bits per heavy atom. The molecule has 0 spiro atoms. The molecule has 0 saturated carbocycles. The van der Waals surface area contributed by atoms with Crippen LogP contribution < -0.4 is 15.4 Å². The zero-order chi connectivity index (χ0) is 32.8. The summed E-state index contributed by atoms with van der Waals surface area (Å²) in [5.41, 5.74) is 0.494. The second kappa shape index (κ2) is 13.6. The molecule has 46 heavy (non-hydrogen) atoms. The van der Waals surface area contributed by atoms with E-state index in [-0.39, 0.29) is 34.1 Å². The van der Waals surface area contributed by atoms with Crippen LogP contribution in [0, 0.1) is 0 Å². The largest absolute Gasteiger partial charge is 0.507 e. The molecule has 0 aliphatic heterocycles. The smallest absolute Gasteiger partial charge is 0.407 e. The number of carbonyl (C=O) groups is 3. The summed E-state index contributed by atoms with van der Waals surface area (Å²) in [6, 6.07) is 25.9. The number of phenolic OH excluding ortho intramolecular Hbond substituents is 2. The second-order valence-corrected chi connectivity index (χ2v) is 12.0. The fourth-order valence-electron chi connectivity index (χ4n) is 5.02. The van der Waals surface area contributed by atoms with Crippen LogP contribution in [0.3, 0.4) is 0 Å². The number of rotatable bonds is 9. The maximum absolute atomic E-state index is 13.4. The minimum absolute atomic E-state index is 0.0261. The third kappa shape index (κ3) is 7.92. The zero-order valence-corrected chi connectivity index (χ0v) is 25.9. The van der Waals surface area contributed by atoms with Crippen molar-refractivity contribution in [3.05, 3.63) is 108 Å². The Balaban J connectivity index is 1.36. The van der Waals surface area contributed by atoms with E-state index in [4.69, 9.17) is 9.47 Å².